The van der Waals surface area contributed by atoms with Crippen LogP contribution in [0.1, 0.15) is 16.8 Å². The third-order valence-corrected chi connectivity index (χ3v) is 6.85. The van der Waals surface area contributed by atoms with Gasteiger partial charge in [0.05, 0.1) is 11.0 Å². The van der Waals surface area contributed by atoms with E-state index < -0.39 is 15.8 Å². The fourth-order valence-electron chi connectivity index (χ4n) is 3.65. The first-order valence-electron chi connectivity index (χ1n) is 10.4. The molecular weight excluding hydrogens is 445 g/mol. The summed E-state index contributed by atoms with van der Waals surface area (Å²) < 4.78 is 45.9. The largest absolute Gasteiger partial charge is 0.380 e. The van der Waals surface area contributed by atoms with Crippen LogP contribution in [0.15, 0.2) is 77.7 Å². The Labute approximate surface area is 192 Å². The van der Waals surface area contributed by atoms with Crippen molar-refractivity contribution in [2.75, 3.05) is 35.1 Å². The van der Waals surface area contributed by atoms with Gasteiger partial charge in [0.15, 0.2) is 0 Å². The molecule has 4 rings (SSSR count). The standard InChI is InChI=1S/C24H24FN3O4S/c1-32-22-13-14-28(16-22)21-11-9-19(10-12-21)26-24(29)17-5-7-20(8-6-17)27-33(30,31)23-4-2-3-18(25)15-23/h2-12,15,22,27H,13-14,16H2,1H3,(H,26,29). The van der Waals surface area contributed by atoms with Crippen molar-refractivity contribution in [3.05, 3.63) is 84.2 Å². The van der Waals surface area contributed by atoms with E-state index in [2.05, 4.69) is 14.9 Å². The van der Waals surface area contributed by atoms with Gasteiger partial charge in [-0.25, -0.2) is 12.8 Å². The van der Waals surface area contributed by atoms with Crippen LogP contribution in [-0.4, -0.2) is 40.6 Å². The van der Waals surface area contributed by atoms with Crippen molar-refractivity contribution in [3.63, 3.8) is 0 Å². The third kappa shape index (κ3) is 5.50. The number of nitrogens with one attached hydrogen (secondary N) is 2. The zero-order chi connectivity index (χ0) is 23.4. The highest BCUT2D eigenvalue weighted by atomic mass is 32.2. The first kappa shape index (κ1) is 22.8. The van der Waals surface area contributed by atoms with Crippen molar-refractivity contribution >= 4 is 33.0 Å². The number of anilines is 3. The summed E-state index contributed by atoms with van der Waals surface area (Å²) in [6.07, 6.45) is 1.23. The number of carbonyl (C=O) groups excluding carboxylic acids is 1. The van der Waals surface area contributed by atoms with E-state index in [0.29, 0.717) is 11.3 Å². The first-order chi connectivity index (χ1) is 15.8. The van der Waals surface area contributed by atoms with E-state index >= 15 is 0 Å². The number of methoxy groups -OCH3 is 1. The van der Waals surface area contributed by atoms with Gasteiger partial charge >= 0.3 is 0 Å². The van der Waals surface area contributed by atoms with Crippen LogP contribution in [0.25, 0.3) is 0 Å². The quantitative estimate of drug-likeness (QED) is 0.544. The summed E-state index contributed by atoms with van der Waals surface area (Å²) in [5, 5.41) is 2.83. The number of amides is 1. The predicted molar refractivity (Wildman–Crippen MR) is 126 cm³/mol. The van der Waals surface area contributed by atoms with Gasteiger partial charge in [0.25, 0.3) is 15.9 Å². The number of ether oxygens (including phenoxy) is 1. The van der Waals surface area contributed by atoms with Crippen molar-refractivity contribution < 1.29 is 22.3 Å². The van der Waals surface area contributed by atoms with Gasteiger partial charge in [-0.3, -0.25) is 9.52 Å². The van der Waals surface area contributed by atoms with Crippen LogP contribution in [0.3, 0.4) is 0 Å². The molecule has 1 aliphatic heterocycles. The Balaban J connectivity index is 1.37. The van der Waals surface area contributed by atoms with Crippen LogP contribution in [-0.2, 0) is 14.8 Å². The van der Waals surface area contributed by atoms with Gasteiger partial charge in [-0.2, -0.15) is 0 Å². The molecule has 7 nitrogen and oxygen atoms in total. The van der Waals surface area contributed by atoms with E-state index in [1.54, 1.807) is 7.11 Å². The molecule has 1 saturated heterocycles. The second kappa shape index (κ2) is 9.60. The molecular formula is C24H24FN3O4S. The highest BCUT2D eigenvalue weighted by molar-refractivity contribution is 7.92. The van der Waals surface area contributed by atoms with E-state index in [-0.39, 0.29) is 22.6 Å². The van der Waals surface area contributed by atoms with Gasteiger partial charge in [0.2, 0.25) is 0 Å². The minimum atomic E-state index is -3.94. The lowest BCUT2D eigenvalue weighted by Crippen LogP contribution is -2.22. The maximum atomic E-state index is 13.3. The topological polar surface area (TPSA) is 87.7 Å². The van der Waals surface area contributed by atoms with Crippen molar-refractivity contribution in [3.8, 4) is 0 Å². The number of nitrogens with zero attached hydrogens (tertiary/aromatic N) is 1. The number of carbonyl (C=O) groups is 1. The first-order valence-corrected chi connectivity index (χ1v) is 11.9. The molecule has 0 bridgehead atoms. The number of rotatable bonds is 7. The highest BCUT2D eigenvalue weighted by Crippen LogP contribution is 2.24. The normalized spacial score (nSPS) is 15.9. The molecule has 9 heteroatoms. The summed E-state index contributed by atoms with van der Waals surface area (Å²) in [6.45, 7) is 1.77. The molecule has 0 aliphatic carbocycles. The lowest BCUT2D eigenvalue weighted by Gasteiger charge is -2.18. The summed E-state index contributed by atoms with van der Waals surface area (Å²) in [5.41, 5.74) is 2.36. The number of halogens is 1. The maximum Gasteiger partial charge on any atom is 0.261 e. The number of hydrogen-bond donors (Lipinski definition) is 2. The van der Waals surface area contributed by atoms with Crippen molar-refractivity contribution in [1.29, 1.82) is 0 Å². The monoisotopic (exact) mass is 469 g/mol. The van der Waals surface area contributed by atoms with Crippen LogP contribution in [0.5, 0.6) is 0 Å². The number of benzene rings is 3. The summed E-state index contributed by atoms with van der Waals surface area (Å²) in [6, 6.07) is 18.3. The molecule has 3 aromatic rings. The second-order valence-electron chi connectivity index (χ2n) is 7.73. The fourth-order valence-corrected chi connectivity index (χ4v) is 4.74. The molecule has 172 valence electrons. The molecule has 1 aliphatic rings. The minimum Gasteiger partial charge on any atom is -0.380 e. The van der Waals surface area contributed by atoms with E-state index in [1.165, 1.54) is 42.5 Å². The van der Waals surface area contributed by atoms with Crippen molar-refractivity contribution in [2.24, 2.45) is 0 Å². The second-order valence-corrected chi connectivity index (χ2v) is 9.42. The molecule has 0 saturated carbocycles. The van der Waals surface area contributed by atoms with Crippen molar-refractivity contribution in [1.82, 2.24) is 0 Å². The van der Waals surface area contributed by atoms with E-state index in [4.69, 9.17) is 4.74 Å². The molecule has 1 atom stereocenters. The fraction of sp³-hybridized carbons (Fsp3) is 0.208. The molecule has 0 aromatic heterocycles. The molecule has 3 aromatic carbocycles. The van der Waals surface area contributed by atoms with Gasteiger partial charge in [-0.05, 0) is 73.2 Å². The minimum absolute atomic E-state index is 0.181. The predicted octanol–water partition coefficient (Wildman–Crippen LogP) is 4.10. The summed E-state index contributed by atoms with van der Waals surface area (Å²) in [7, 11) is -2.22. The average molecular weight is 470 g/mol. The molecule has 33 heavy (non-hydrogen) atoms. The maximum absolute atomic E-state index is 13.3. The lowest BCUT2D eigenvalue weighted by molar-refractivity contribution is 0.102. The Bertz CT molecular complexity index is 1230. The Morgan fingerprint density at radius 1 is 1.03 bits per heavy atom. The molecule has 1 fully saturated rings. The smallest absolute Gasteiger partial charge is 0.261 e. The Hall–Kier alpha value is -3.43. The summed E-state index contributed by atoms with van der Waals surface area (Å²) in [5.74, 6) is -0.958. The lowest BCUT2D eigenvalue weighted by atomic mass is 10.2. The van der Waals surface area contributed by atoms with Crippen molar-refractivity contribution in [2.45, 2.75) is 17.4 Å². The Morgan fingerprint density at radius 3 is 2.36 bits per heavy atom. The zero-order valence-electron chi connectivity index (χ0n) is 18.0. The molecule has 1 unspecified atom stereocenters. The Kier molecular flexibility index (Phi) is 6.62. The van der Waals surface area contributed by atoms with Crippen LogP contribution in [0.4, 0.5) is 21.5 Å². The van der Waals surface area contributed by atoms with Gasteiger partial charge in [-0.1, -0.05) is 6.07 Å². The number of sulfonamides is 1. The summed E-state index contributed by atoms with van der Waals surface area (Å²) >= 11 is 0. The molecule has 1 heterocycles. The van der Waals surface area contributed by atoms with Crippen LogP contribution < -0.4 is 14.9 Å². The average Bonchev–Trinajstić information content (AvgIpc) is 3.29. The molecule has 2 N–H and O–H groups in total. The molecule has 1 amide bonds. The SMILES string of the molecule is COC1CCN(c2ccc(NC(=O)c3ccc(NS(=O)(=O)c4cccc(F)c4)cc3)cc2)C1. The van der Waals surface area contributed by atoms with Gasteiger partial charge < -0.3 is 15.0 Å². The van der Waals surface area contributed by atoms with Gasteiger partial charge in [-0.15, -0.1) is 0 Å². The van der Waals surface area contributed by atoms with E-state index in [0.717, 1.165) is 31.3 Å². The van der Waals surface area contributed by atoms with E-state index in [9.17, 15) is 17.6 Å². The summed E-state index contributed by atoms with van der Waals surface area (Å²) in [4.78, 5) is 14.6. The third-order valence-electron chi connectivity index (χ3n) is 5.47. The Morgan fingerprint density at radius 2 is 1.73 bits per heavy atom. The van der Waals surface area contributed by atoms with E-state index in [1.807, 2.05) is 24.3 Å². The molecule has 0 spiro atoms. The van der Waals surface area contributed by atoms with Crippen LogP contribution in [0.2, 0.25) is 0 Å². The van der Waals surface area contributed by atoms with Gasteiger partial charge in [0.1, 0.15) is 5.82 Å². The number of hydrogen-bond acceptors (Lipinski definition) is 5. The zero-order valence-corrected chi connectivity index (χ0v) is 18.8. The van der Waals surface area contributed by atoms with Gasteiger partial charge in [0, 0.05) is 42.8 Å². The van der Waals surface area contributed by atoms with Crippen LogP contribution >= 0.6 is 0 Å². The molecule has 0 radical (unpaired) electrons. The highest BCUT2D eigenvalue weighted by Gasteiger charge is 2.22. The van der Waals surface area contributed by atoms with Crippen LogP contribution in [0, 0.1) is 5.82 Å².